The molecule has 1 aliphatic carbocycles. The predicted octanol–water partition coefficient (Wildman–Crippen LogP) is 6.03. The molecule has 0 aromatic heterocycles. The zero-order valence-electron chi connectivity index (χ0n) is 20.3. The number of ether oxygens (including phenoxy) is 1. The molecule has 0 spiro atoms. The summed E-state index contributed by atoms with van der Waals surface area (Å²) in [5.74, 6) is 2.01. The lowest BCUT2D eigenvalue weighted by molar-refractivity contribution is 0.195. The van der Waals surface area contributed by atoms with Gasteiger partial charge in [-0.25, -0.2) is 0 Å². The van der Waals surface area contributed by atoms with E-state index in [4.69, 9.17) is 4.74 Å². The SMILES string of the molecule is CC12CCCCC1(C)N1c3cccc4c3B(c3cccc(-c5ccccc5)c3O4)c3cccc2c31. The van der Waals surface area contributed by atoms with E-state index in [0.717, 1.165) is 11.5 Å². The molecule has 4 aromatic carbocycles. The summed E-state index contributed by atoms with van der Waals surface area (Å²) in [5.41, 5.74) is 11.0. The zero-order valence-corrected chi connectivity index (χ0v) is 20.3. The van der Waals surface area contributed by atoms with Crippen LogP contribution < -0.4 is 26.0 Å². The third-order valence-corrected chi connectivity index (χ3v) is 9.69. The van der Waals surface area contributed by atoms with Crippen molar-refractivity contribution in [3.05, 3.63) is 90.5 Å². The fourth-order valence-corrected chi connectivity index (χ4v) is 7.83. The minimum absolute atomic E-state index is 0.0793. The van der Waals surface area contributed by atoms with Gasteiger partial charge in [0.2, 0.25) is 0 Å². The molecular formula is C32H28BNO. The van der Waals surface area contributed by atoms with Gasteiger partial charge < -0.3 is 9.64 Å². The maximum atomic E-state index is 6.80. The number of hydrogen-bond donors (Lipinski definition) is 0. The van der Waals surface area contributed by atoms with Crippen molar-refractivity contribution in [1.29, 1.82) is 0 Å². The van der Waals surface area contributed by atoms with Gasteiger partial charge in [0.1, 0.15) is 11.5 Å². The molecule has 35 heavy (non-hydrogen) atoms. The number of nitrogens with zero attached hydrogens (tertiary/aromatic N) is 1. The normalized spacial score (nSPS) is 24.7. The first-order chi connectivity index (χ1) is 17.1. The van der Waals surface area contributed by atoms with E-state index in [1.165, 1.54) is 64.6 Å². The molecule has 1 saturated carbocycles. The van der Waals surface area contributed by atoms with Crippen LogP contribution in [0.4, 0.5) is 11.4 Å². The molecule has 0 saturated heterocycles. The van der Waals surface area contributed by atoms with Crippen molar-refractivity contribution in [2.24, 2.45) is 0 Å². The van der Waals surface area contributed by atoms with Crippen LogP contribution in [0.25, 0.3) is 11.1 Å². The molecule has 3 heteroatoms. The maximum Gasteiger partial charge on any atom is 0.256 e. The van der Waals surface area contributed by atoms with Crippen molar-refractivity contribution in [2.75, 3.05) is 4.90 Å². The van der Waals surface area contributed by atoms with Crippen molar-refractivity contribution in [2.45, 2.75) is 50.5 Å². The molecule has 2 unspecified atom stereocenters. The van der Waals surface area contributed by atoms with Gasteiger partial charge in [0, 0.05) is 22.4 Å². The monoisotopic (exact) mass is 453 g/mol. The standard InChI is InChI=1S/C32H28BNO/c1-31-19-6-7-20-32(31,2)34-26-17-10-18-27-28(26)33(24-15-9-14-23(31)29(24)34)25-16-8-13-22(30(25)35-27)21-11-4-3-5-12-21/h3-5,8-18H,6-7,19-20H2,1-2H3. The lowest BCUT2D eigenvalue weighted by Crippen LogP contribution is -2.63. The van der Waals surface area contributed by atoms with E-state index < -0.39 is 0 Å². The topological polar surface area (TPSA) is 12.5 Å². The molecule has 1 fully saturated rings. The molecule has 4 aliphatic rings. The molecule has 8 rings (SSSR count). The quantitative estimate of drug-likeness (QED) is 0.288. The molecule has 0 N–H and O–H groups in total. The van der Waals surface area contributed by atoms with Crippen LogP contribution in [0.2, 0.25) is 0 Å². The lowest BCUT2D eigenvalue weighted by atomic mass is 9.34. The molecule has 2 atom stereocenters. The first-order valence-corrected chi connectivity index (χ1v) is 13.0. The molecule has 2 nitrogen and oxygen atoms in total. The zero-order chi connectivity index (χ0) is 23.4. The summed E-state index contributed by atoms with van der Waals surface area (Å²) in [7, 11) is 0. The number of rotatable bonds is 1. The minimum Gasteiger partial charge on any atom is -0.458 e. The highest BCUT2D eigenvalue weighted by Gasteiger charge is 2.61. The van der Waals surface area contributed by atoms with Crippen LogP contribution in [-0.2, 0) is 5.41 Å². The van der Waals surface area contributed by atoms with E-state index in [1.54, 1.807) is 5.56 Å². The van der Waals surface area contributed by atoms with Gasteiger partial charge in [0.05, 0.1) is 5.54 Å². The minimum atomic E-state index is 0.0793. The fourth-order valence-electron chi connectivity index (χ4n) is 7.83. The molecule has 0 bridgehead atoms. The van der Waals surface area contributed by atoms with E-state index >= 15 is 0 Å². The van der Waals surface area contributed by atoms with Gasteiger partial charge in [0.25, 0.3) is 6.71 Å². The van der Waals surface area contributed by atoms with E-state index in [1.807, 2.05) is 0 Å². The smallest absolute Gasteiger partial charge is 0.256 e. The summed E-state index contributed by atoms with van der Waals surface area (Å²) in [4.78, 5) is 2.72. The number of fused-ring (bicyclic) bond motifs is 7. The van der Waals surface area contributed by atoms with Crippen molar-refractivity contribution in [1.82, 2.24) is 0 Å². The fraction of sp³-hybridized carbons (Fsp3) is 0.250. The number of benzene rings is 4. The van der Waals surface area contributed by atoms with Gasteiger partial charge in [-0.3, -0.25) is 0 Å². The Hall–Kier alpha value is -3.46. The van der Waals surface area contributed by atoms with Crippen LogP contribution in [0, 0.1) is 0 Å². The molecule has 4 aromatic rings. The molecule has 3 heterocycles. The lowest BCUT2D eigenvalue weighted by Gasteiger charge is -2.52. The van der Waals surface area contributed by atoms with Gasteiger partial charge in [-0.05, 0) is 59.4 Å². The van der Waals surface area contributed by atoms with Crippen LogP contribution >= 0.6 is 0 Å². The van der Waals surface area contributed by atoms with Gasteiger partial charge >= 0.3 is 0 Å². The summed E-state index contributed by atoms with van der Waals surface area (Å²) >= 11 is 0. The van der Waals surface area contributed by atoms with E-state index in [9.17, 15) is 0 Å². The highest BCUT2D eigenvalue weighted by Crippen LogP contribution is 2.61. The van der Waals surface area contributed by atoms with E-state index in [-0.39, 0.29) is 17.7 Å². The summed E-state index contributed by atoms with van der Waals surface area (Å²) in [5, 5.41) is 0. The Morgan fingerprint density at radius 1 is 0.771 bits per heavy atom. The Morgan fingerprint density at radius 2 is 1.54 bits per heavy atom. The van der Waals surface area contributed by atoms with Gasteiger partial charge in [0.15, 0.2) is 0 Å². The van der Waals surface area contributed by atoms with Gasteiger partial charge in [-0.2, -0.15) is 0 Å². The second-order valence-corrected chi connectivity index (χ2v) is 11.2. The largest absolute Gasteiger partial charge is 0.458 e. The molecule has 0 amide bonds. The second kappa shape index (κ2) is 6.60. The first kappa shape index (κ1) is 19.8. The van der Waals surface area contributed by atoms with Crippen LogP contribution in [0.1, 0.15) is 45.1 Å². The van der Waals surface area contributed by atoms with E-state index in [2.05, 4.69) is 104 Å². The molecular weight excluding hydrogens is 425 g/mol. The predicted molar refractivity (Wildman–Crippen MR) is 146 cm³/mol. The van der Waals surface area contributed by atoms with Gasteiger partial charge in [-0.1, -0.05) is 92.6 Å². The van der Waals surface area contributed by atoms with E-state index in [0.29, 0.717) is 0 Å². The summed E-state index contributed by atoms with van der Waals surface area (Å²) in [6, 6.07) is 31.1. The van der Waals surface area contributed by atoms with Crippen molar-refractivity contribution in [3.63, 3.8) is 0 Å². The average Bonchev–Trinajstić information content (AvgIpc) is 3.11. The third kappa shape index (κ3) is 2.28. The average molecular weight is 453 g/mol. The van der Waals surface area contributed by atoms with Crippen LogP contribution in [-0.4, -0.2) is 12.3 Å². The Morgan fingerprint density at radius 3 is 2.43 bits per heavy atom. The van der Waals surface area contributed by atoms with Crippen molar-refractivity contribution in [3.8, 4) is 22.6 Å². The summed E-state index contributed by atoms with van der Waals surface area (Å²) in [6.07, 6.45) is 5.08. The summed E-state index contributed by atoms with van der Waals surface area (Å²) in [6.45, 7) is 5.23. The Labute approximate surface area is 207 Å². The van der Waals surface area contributed by atoms with Crippen LogP contribution in [0.15, 0.2) is 84.9 Å². The highest BCUT2D eigenvalue weighted by molar-refractivity contribution is 6.99. The third-order valence-electron chi connectivity index (χ3n) is 9.69. The Bertz CT molecular complexity index is 1530. The van der Waals surface area contributed by atoms with Gasteiger partial charge in [-0.15, -0.1) is 0 Å². The Kier molecular flexibility index (Phi) is 3.74. The number of para-hydroxylation sites is 2. The van der Waals surface area contributed by atoms with Crippen molar-refractivity contribution >= 4 is 34.5 Å². The molecule has 170 valence electrons. The summed E-state index contributed by atoms with van der Waals surface area (Å²) < 4.78 is 6.80. The number of anilines is 2. The maximum absolute atomic E-state index is 6.80. The molecule has 3 aliphatic heterocycles. The molecule has 0 radical (unpaired) electrons. The van der Waals surface area contributed by atoms with Crippen molar-refractivity contribution < 1.29 is 4.74 Å². The Balaban J connectivity index is 1.45. The highest BCUT2D eigenvalue weighted by atomic mass is 16.5. The van der Waals surface area contributed by atoms with Crippen LogP contribution in [0.3, 0.4) is 0 Å². The van der Waals surface area contributed by atoms with Crippen LogP contribution in [0.5, 0.6) is 11.5 Å². The number of hydrogen-bond acceptors (Lipinski definition) is 2. The second-order valence-electron chi connectivity index (χ2n) is 11.2. The first-order valence-electron chi connectivity index (χ1n) is 13.0.